The van der Waals surface area contributed by atoms with Crippen LogP contribution in [0.5, 0.6) is 11.5 Å². The van der Waals surface area contributed by atoms with Crippen molar-refractivity contribution in [1.29, 1.82) is 0 Å². The number of carbonyl (C=O) groups is 1. The molecule has 0 aliphatic rings. The van der Waals surface area contributed by atoms with Crippen molar-refractivity contribution in [3.63, 3.8) is 0 Å². The van der Waals surface area contributed by atoms with Crippen molar-refractivity contribution < 1.29 is 13.9 Å². The number of amides is 1. The molecule has 36 heavy (non-hydrogen) atoms. The molecule has 0 atom stereocenters. The standard InChI is InChI=1S/C25H24FN7O2S/c1-25(2,27)24(34)28-9-11-33-10-8-18-22(33)23(30-14-29-18)32-15-6-7-20(17(26)12-15)35-19-4-3-5-21-16(19)13-31-36-21/h3-8,10,12-14H,9,11,27H2,1-2H3,(H,28,34)(H,29,30,32). The molecule has 3 heterocycles. The highest BCUT2D eigenvalue weighted by Gasteiger charge is 2.21. The summed E-state index contributed by atoms with van der Waals surface area (Å²) in [4.78, 5) is 20.7. The van der Waals surface area contributed by atoms with E-state index in [9.17, 15) is 9.18 Å². The van der Waals surface area contributed by atoms with Crippen LogP contribution in [0.2, 0.25) is 0 Å². The summed E-state index contributed by atoms with van der Waals surface area (Å²) in [5.41, 5.74) is 6.83. The van der Waals surface area contributed by atoms with Crippen molar-refractivity contribution in [2.75, 3.05) is 11.9 Å². The van der Waals surface area contributed by atoms with E-state index in [-0.39, 0.29) is 11.7 Å². The van der Waals surface area contributed by atoms with Crippen LogP contribution in [0.4, 0.5) is 15.9 Å². The van der Waals surface area contributed by atoms with Crippen LogP contribution in [0.3, 0.4) is 0 Å². The molecule has 0 spiro atoms. The van der Waals surface area contributed by atoms with Gasteiger partial charge in [0, 0.05) is 31.0 Å². The first-order chi connectivity index (χ1) is 17.3. The van der Waals surface area contributed by atoms with Crippen LogP contribution in [-0.4, -0.2) is 36.9 Å². The molecule has 0 bridgehead atoms. The molecule has 0 saturated heterocycles. The van der Waals surface area contributed by atoms with Crippen LogP contribution in [0, 0.1) is 5.82 Å². The molecular weight excluding hydrogens is 481 g/mol. The molecule has 2 aromatic carbocycles. The van der Waals surface area contributed by atoms with Crippen LogP contribution in [0.25, 0.3) is 21.1 Å². The lowest BCUT2D eigenvalue weighted by atomic mass is 10.1. The molecule has 0 saturated carbocycles. The molecule has 0 aliphatic heterocycles. The van der Waals surface area contributed by atoms with Crippen molar-refractivity contribution >= 4 is 50.1 Å². The normalized spacial score (nSPS) is 11.7. The summed E-state index contributed by atoms with van der Waals surface area (Å²) in [7, 11) is 0. The highest BCUT2D eigenvalue weighted by atomic mass is 32.1. The Balaban J connectivity index is 1.34. The second-order valence-corrected chi connectivity index (χ2v) is 9.64. The van der Waals surface area contributed by atoms with E-state index in [1.54, 1.807) is 38.2 Å². The molecule has 5 rings (SSSR count). The van der Waals surface area contributed by atoms with E-state index in [4.69, 9.17) is 10.5 Å². The number of benzene rings is 2. The van der Waals surface area contributed by atoms with Gasteiger partial charge in [0.25, 0.3) is 0 Å². The van der Waals surface area contributed by atoms with Gasteiger partial charge in [0.1, 0.15) is 17.6 Å². The Hall–Kier alpha value is -4.09. The Morgan fingerprint density at radius 2 is 2.06 bits per heavy atom. The third-order valence-electron chi connectivity index (χ3n) is 5.55. The second kappa shape index (κ2) is 9.51. The third-order valence-corrected chi connectivity index (χ3v) is 6.31. The van der Waals surface area contributed by atoms with Gasteiger partial charge in [-0.05, 0) is 55.7 Å². The fraction of sp³-hybridized carbons (Fsp3) is 0.200. The number of carbonyl (C=O) groups excluding carboxylic acids is 1. The van der Waals surface area contributed by atoms with Crippen molar-refractivity contribution in [2.24, 2.45) is 5.73 Å². The van der Waals surface area contributed by atoms with Crippen LogP contribution in [0.15, 0.2) is 61.2 Å². The van der Waals surface area contributed by atoms with E-state index in [1.807, 2.05) is 29.0 Å². The number of ether oxygens (including phenoxy) is 1. The second-order valence-electron chi connectivity index (χ2n) is 8.81. The largest absolute Gasteiger partial charge is 0.454 e. The van der Waals surface area contributed by atoms with Gasteiger partial charge in [0.2, 0.25) is 5.91 Å². The first-order valence-corrected chi connectivity index (χ1v) is 12.0. The molecule has 3 aromatic heterocycles. The smallest absolute Gasteiger partial charge is 0.239 e. The number of hydrogen-bond donors (Lipinski definition) is 3. The number of rotatable bonds is 8. The zero-order chi connectivity index (χ0) is 25.3. The molecule has 0 fully saturated rings. The van der Waals surface area contributed by atoms with Crippen LogP contribution in [0.1, 0.15) is 13.8 Å². The van der Waals surface area contributed by atoms with Crippen LogP contribution < -0.4 is 21.1 Å². The number of halogens is 1. The Labute approximate surface area is 210 Å². The fourth-order valence-electron chi connectivity index (χ4n) is 3.70. The quantitative estimate of drug-likeness (QED) is 0.283. The van der Waals surface area contributed by atoms with Crippen molar-refractivity contribution in [3.8, 4) is 11.5 Å². The summed E-state index contributed by atoms with van der Waals surface area (Å²) in [6.45, 7) is 4.17. The lowest BCUT2D eigenvalue weighted by Gasteiger charge is -2.18. The lowest BCUT2D eigenvalue weighted by Crippen LogP contribution is -2.49. The monoisotopic (exact) mass is 505 g/mol. The summed E-state index contributed by atoms with van der Waals surface area (Å²) in [5.74, 6) is 0.402. The van der Waals surface area contributed by atoms with E-state index in [2.05, 4.69) is 25.0 Å². The van der Waals surface area contributed by atoms with Gasteiger partial charge in [-0.1, -0.05) is 6.07 Å². The molecule has 4 N–H and O–H groups in total. The van der Waals surface area contributed by atoms with Gasteiger partial charge < -0.3 is 25.7 Å². The fourth-order valence-corrected chi connectivity index (χ4v) is 4.36. The topological polar surface area (TPSA) is 120 Å². The summed E-state index contributed by atoms with van der Waals surface area (Å²) in [5, 5.41) is 6.83. The molecule has 5 aromatic rings. The maximum Gasteiger partial charge on any atom is 0.239 e. The summed E-state index contributed by atoms with van der Waals surface area (Å²) in [6.07, 6.45) is 5.01. The molecule has 11 heteroatoms. The van der Waals surface area contributed by atoms with Crippen LogP contribution >= 0.6 is 11.5 Å². The maximum atomic E-state index is 15.0. The highest BCUT2D eigenvalue weighted by molar-refractivity contribution is 7.13. The summed E-state index contributed by atoms with van der Waals surface area (Å²) >= 11 is 1.36. The van der Waals surface area contributed by atoms with Crippen LogP contribution in [-0.2, 0) is 11.3 Å². The minimum Gasteiger partial charge on any atom is -0.454 e. The van der Waals surface area contributed by atoms with Gasteiger partial charge in [0.05, 0.1) is 27.3 Å². The number of nitrogens with one attached hydrogen (secondary N) is 2. The Bertz CT molecular complexity index is 1560. The number of nitrogens with zero attached hydrogens (tertiary/aromatic N) is 4. The molecule has 0 unspecified atom stereocenters. The Morgan fingerprint density at radius 3 is 2.86 bits per heavy atom. The first kappa shape index (κ1) is 23.6. The maximum absolute atomic E-state index is 15.0. The lowest BCUT2D eigenvalue weighted by molar-refractivity contribution is -0.125. The minimum absolute atomic E-state index is 0.106. The average Bonchev–Trinajstić information content (AvgIpc) is 3.48. The number of anilines is 2. The molecule has 9 nitrogen and oxygen atoms in total. The number of hydrogen-bond acceptors (Lipinski definition) is 8. The van der Waals surface area contributed by atoms with Gasteiger partial charge in [-0.15, -0.1) is 0 Å². The molecule has 184 valence electrons. The van der Waals surface area contributed by atoms with Gasteiger partial charge in [0.15, 0.2) is 17.4 Å². The third kappa shape index (κ3) is 4.83. The Kier molecular flexibility index (Phi) is 6.25. The van der Waals surface area contributed by atoms with Crippen molar-refractivity contribution in [1.82, 2.24) is 24.2 Å². The zero-order valence-corrected chi connectivity index (χ0v) is 20.5. The predicted octanol–water partition coefficient (Wildman–Crippen LogP) is 4.57. The van der Waals surface area contributed by atoms with Gasteiger partial charge >= 0.3 is 0 Å². The molecular formula is C25H24FN7O2S. The SMILES string of the molecule is CC(C)(N)C(=O)NCCn1ccc2ncnc(Nc3ccc(Oc4cccc5sncc45)c(F)c3)c21. The van der Waals surface area contributed by atoms with Gasteiger partial charge in [-0.25, -0.2) is 14.4 Å². The number of nitrogens with two attached hydrogens (primary N) is 1. The van der Waals surface area contributed by atoms with Gasteiger partial charge in [-0.3, -0.25) is 4.79 Å². The number of fused-ring (bicyclic) bond motifs is 2. The number of aromatic nitrogens is 4. The van der Waals surface area contributed by atoms with E-state index < -0.39 is 11.4 Å². The summed E-state index contributed by atoms with van der Waals surface area (Å²) < 4.78 is 27.9. The van der Waals surface area contributed by atoms with Gasteiger partial charge in [-0.2, -0.15) is 4.37 Å². The molecule has 1 amide bonds. The van der Waals surface area contributed by atoms with Crippen molar-refractivity contribution in [3.05, 3.63) is 67.0 Å². The molecule has 0 aliphatic carbocycles. The van der Waals surface area contributed by atoms with E-state index >= 15 is 0 Å². The van der Waals surface area contributed by atoms with Crippen molar-refractivity contribution in [2.45, 2.75) is 25.9 Å². The summed E-state index contributed by atoms with van der Waals surface area (Å²) in [6, 6.07) is 12.1. The average molecular weight is 506 g/mol. The minimum atomic E-state index is -0.957. The van der Waals surface area contributed by atoms with E-state index in [1.165, 1.54) is 23.9 Å². The predicted molar refractivity (Wildman–Crippen MR) is 138 cm³/mol. The Morgan fingerprint density at radius 1 is 1.19 bits per heavy atom. The van der Waals surface area contributed by atoms with E-state index in [0.717, 1.165) is 21.1 Å². The zero-order valence-electron chi connectivity index (χ0n) is 19.7. The van der Waals surface area contributed by atoms with E-state index in [0.29, 0.717) is 30.3 Å². The molecule has 0 radical (unpaired) electrons. The highest BCUT2D eigenvalue weighted by Crippen LogP contribution is 2.34. The first-order valence-electron chi connectivity index (χ1n) is 11.2.